The topological polar surface area (TPSA) is 49.8 Å². The monoisotopic (exact) mass is 266 g/mol. The fraction of sp³-hybridized carbons (Fsp3) is 0.688. The minimum absolute atomic E-state index is 0.126. The first-order chi connectivity index (χ1) is 8.87. The molecule has 0 aromatic heterocycles. The summed E-state index contributed by atoms with van der Waals surface area (Å²) in [5.41, 5.74) is 2.42. The SMILES string of the molecule is CC[C@]1(C)O[C@@H]1CCC(C)=CCCC(C)=CC(=O)O. The summed E-state index contributed by atoms with van der Waals surface area (Å²) < 4.78 is 5.69. The number of carboxylic acids is 1. The van der Waals surface area contributed by atoms with Crippen LogP contribution in [0.15, 0.2) is 23.3 Å². The van der Waals surface area contributed by atoms with E-state index in [0.29, 0.717) is 6.10 Å². The highest BCUT2D eigenvalue weighted by molar-refractivity contribution is 5.80. The third-order valence-corrected chi connectivity index (χ3v) is 3.94. The van der Waals surface area contributed by atoms with Gasteiger partial charge in [-0.15, -0.1) is 0 Å². The zero-order valence-corrected chi connectivity index (χ0v) is 12.5. The molecular weight excluding hydrogens is 240 g/mol. The molecule has 0 bridgehead atoms. The van der Waals surface area contributed by atoms with Crippen molar-refractivity contribution in [2.45, 2.75) is 71.5 Å². The second-order valence-electron chi connectivity index (χ2n) is 5.73. The molecule has 1 heterocycles. The molecule has 0 spiro atoms. The Bertz CT molecular complexity index is 381. The maximum atomic E-state index is 10.5. The van der Waals surface area contributed by atoms with Crippen LogP contribution >= 0.6 is 0 Å². The number of hydrogen-bond donors (Lipinski definition) is 1. The number of allylic oxidation sites excluding steroid dienone is 3. The van der Waals surface area contributed by atoms with E-state index < -0.39 is 5.97 Å². The molecular formula is C16H26O3. The van der Waals surface area contributed by atoms with Crippen LogP contribution in [0.4, 0.5) is 0 Å². The Morgan fingerprint density at radius 1 is 1.32 bits per heavy atom. The minimum atomic E-state index is -0.858. The molecule has 108 valence electrons. The van der Waals surface area contributed by atoms with Crippen molar-refractivity contribution in [1.82, 2.24) is 0 Å². The number of ether oxygens (including phenoxy) is 1. The van der Waals surface area contributed by atoms with Gasteiger partial charge >= 0.3 is 5.97 Å². The van der Waals surface area contributed by atoms with Gasteiger partial charge in [0.25, 0.3) is 0 Å². The number of rotatable bonds is 8. The van der Waals surface area contributed by atoms with Crippen LogP contribution in [0, 0.1) is 0 Å². The van der Waals surface area contributed by atoms with E-state index in [1.54, 1.807) is 0 Å². The van der Waals surface area contributed by atoms with E-state index >= 15 is 0 Å². The van der Waals surface area contributed by atoms with Crippen molar-refractivity contribution in [2.75, 3.05) is 0 Å². The van der Waals surface area contributed by atoms with Gasteiger partial charge in [-0.3, -0.25) is 0 Å². The van der Waals surface area contributed by atoms with Gasteiger partial charge in [0.15, 0.2) is 0 Å². The standard InChI is InChI=1S/C16H26O3/c1-5-16(4)14(19-16)10-9-12(2)7-6-8-13(3)11-15(17)18/h7,11,14H,5-6,8-10H2,1-4H3,(H,17,18)/t14-,16+/m1/s1. The number of hydrogen-bond acceptors (Lipinski definition) is 2. The molecule has 1 rings (SSSR count). The Labute approximate surface area is 116 Å². The normalized spacial score (nSPS) is 27.5. The van der Waals surface area contributed by atoms with Gasteiger partial charge in [-0.05, 0) is 52.9 Å². The summed E-state index contributed by atoms with van der Waals surface area (Å²) in [5, 5.41) is 8.61. The lowest BCUT2D eigenvalue weighted by molar-refractivity contribution is -0.131. The van der Waals surface area contributed by atoms with Crippen molar-refractivity contribution >= 4 is 5.97 Å². The van der Waals surface area contributed by atoms with Crippen LogP contribution < -0.4 is 0 Å². The van der Waals surface area contributed by atoms with Crippen LogP contribution in [0.1, 0.15) is 59.8 Å². The highest BCUT2D eigenvalue weighted by atomic mass is 16.6. The van der Waals surface area contributed by atoms with Gasteiger partial charge in [-0.25, -0.2) is 4.79 Å². The van der Waals surface area contributed by atoms with E-state index in [4.69, 9.17) is 9.84 Å². The van der Waals surface area contributed by atoms with Gasteiger partial charge in [-0.2, -0.15) is 0 Å². The quantitative estimate of drug-likeness (QED) is 0.409. The van der Waals surface area contributed by atoms with Crippen molar-refractivity contribution in [3.63, 3.8) is 0 Å². The highest BCUT2D eigenvalue weighted by Crippen LogP contribution is 2.42. The molecule has 0 aliphatic carbocycles. The first-order valence-corrected chi connectivity index (χ1v) is 7.11. The Morgan fingerprint density at radius 2 is 2.00 bits per heavy atom. The van der Waals surface area contributed by atoms with E-state index in [2.05, 4.69) is 26.8 Å². The summed E-state index contributed by atoms with van der Waals surface area (Å²) >= 11 is 0. The molecule has 0 unspecified atom stereocenters. The molecule has 0 amide bonds. The van der Waals surface area contributed by atoms with Crippen molar-refractivity contribution < 1.29 is 14.6 Å². The zero-order valence-electron chi connectivity index (χ0n) is 12.5. The molecule has 1 saturated heterocycles. The van der Waals surface area contributed by atoms with E-state index in [1.165, 1.54) is 11.6 Å². The summed E-state index contributed by atoms with van der Waals surface area (Å²) in [6.07, 6.45) is 8.90. The predicted octanol–water partition coefficient (Wildman–Crippen LogP) is 4.09. The number of aliphatic carboxylic acids is 1. The van der Waals surface area contributed by atoms with Crippen molar-refractivity contribution in [2.24, 2.45) is 0 Å². The molecule has 2 atom stereocenters. The van der Waals surface area contributed by atoms with Crippen LogP contribution in [0.3, 0.4) is 0 Å². The molecule has 0 saturated carbocycles. The summed E-state index contributed by atoms with van der Waals surface area (Å²) in [5.74, 6) is -0.858. The molecule has 19 heavy (non-hydrogen) atoms. The average Bonchev–Trinajstić information content (AvgIpc) is 2.98. The van der Waals surface area contributed by atoms with E-state index in [0.717, 1.165) is 37.7 Å². The number of epoxide rings is 1. The van der Waals surface area contributed by atoms with E-state index in [9.17, 15) is 4.79 Å². The molecule has 3 heteroatoms. The lowest BCUT2D eigenvalue weighted by Gasteiger charge is -2.03. The van der Waals surface area contributed by atoms with Gasteiger partial charge in [0, 0.05) is 6.08 Å². The zero-order chi connectivity index (χ0) is 14.5. The van der Waals surface area contributed by atoms with Crippen LogP contribution in [0.25, 0.3) is 0 Å². The van der Waals surface area contributed by atoms with Crippen LogP contribution in [-0.4, -0.2) is 22.8 Å². The van der Waals surface area contributed by atoms with Gasteiger partial charge in [0.1, 0.15) is 0 Å². The van der Waals surface area contributed by atoms with E-state index in [-0.39, 0.29) is 5.60 Å². The Hall–Kier alpha value is -1.09. The largest absolute Gasteiger partial charge is 0.478 e. The smallest absolute Gasteiger partial charge is 0.328 e. The van der Waals surface area contributed by atoms with Crippen molar-refractivity contribution in [1.29, 1.82) is 0 Å². The lowest BCUT2D eigenvalue weighted by atomic mass is 9.99. The fourth-order valence-electron chi connectivity index (χ4n) is 2.26. The fourth-order valence-corrected chi connectivity index (χ4v) is 2.26. The Balaban J connectivity index is 2.21. The molecule has 1 fully saturated rings. The first-order valence-electron chi connectivity index (χ1n) is 7.11. The van der Waals surface area contributed by atoms with Gasteiger partial charge < -0.3 is 9.84 Å². The second-order valence-corrected chi connectivity index (χ2v) is 5.73. The van der Waals surface area contributed by atoms with Gasteiger partial charge in [0.2, 0.25) is 0 Å². The molecule has 0 aromatic carbocycles. The molecule has 0 aromatic rings. The third kappa shape index (κ3) is 5.60. The predicted molar refractivity (Wildman–Crippen MR) is 77.2 cm³/mol. The summed E-state index contributed by atoms with van der Waals surface area (Å²) in [7, 11) is 0. The molecule has 0 radical (unpaired) electrons. The second kappa shape index (κ2) is 6.90. The Kier molecular flexibility index (Phi) is 5.80. The molecule has 3 nitrogen and oxygen atoms in total. The number of carboxylic acid groups (broad SMARTS) is 1. The van der Waals surface area contributed by atoms with Crippen molar-refractivity contribution in [3.05, 3.63) is 23.3 Å². The number of carbonyl (C=O) groups is 1. The maximum Gasteiger partial charge on any atom is 0.328 e. The maximum absolute atomic E-state index is 10.5. The van der Waals surface area contributed by atoms with Crippen LogP contribution in [-0.2, 0) is 9.53 Å². The summed E-state index contributed by atoms with van der Waals surface area (Å²) in [6.45, 7) is 8.35. The first kappa shape index (κ1) is 16.0. The summed E-state index contributed by atoms with van der Waals surface area (Å²) in [6, 6.07) is 0. The van der Waals surface area contributed by atoms with Gasteiger partial charge in [0.05, 0.1) is 11.7 Å². The Morgan fingerprint density at radius 3 is 2.53 bits per heavy atom. The summed E-state index contributed by atoms with van der Waals surface area (Å²) in [4.78, 5) is 10.5. The van der Waals surface area contributed by atoms with Crippen LogP contribution in [0.2, 0.25) is 0 Å². The van der Waals surface area contributed by atoms with E-state index in [1.807, 2.05) is 6.92 Å². The highest BCUT2D eigenvalue weighted by Gasteiger charge is 2.49. The lowest BCUT2D eigenvalue weighted by Crippen LogP contribution is -2.07. The minimum Gasteiger partial charge on any atom is -0.478 e. The van der Waals surface area contributed by atoms with Crippen molar-refractivity contribution in [3.8, 4) is 0 Å². The van der Waals surface area contributed by atoms with Crippen LogP contribution in [0.5, 0.6) is 0 Å². The van der Waals surface area contributed by atoms with Gasteiger partial charge in [-0.1, -0.05) is 24.1 Å². The molecule has 1 aliphatic rings. The third-order valence-electron chi connectivity index (χ3n) is 3.94. The molecule has 1 N–H and O–H groups in total. The molecule has 1 aliphatic heterocycles. The average molecular weight is 266 g/mol.